The smallest absolute Gasteiger partial charge is 0.129 e. The van der Waals surface area contributed by atoms with Crippen molar-refractivity contribution in [3.8, 4) is 0 Å². The number of hydrogen-bond donors (Lipinski definition) is 2. The van der Waals surface area contributed by atoms with Crippen molar-refractivity contribution in [3.05, 3.63) is 18.1 Å². The van der Waals surface area contributed by atoms with Crippen LogP contribution in [0.2, 0.25) is 0 Å². The van der Waals surface area contributed by atoms with Crippen LogP contribution >= 0.6 is 0 Å². The van der Waals surface area contributed by atoms with Gasteiger partial charge in [-0.3, -0.25) is 0 Å². The lowest BCUT2D eigenvalue weighted by Gasteiger charge is -2.05. The van der Waals surface area contributed by atoms with E-state index in [1.165, 1.54) is 0 Å². The number of unbranched alkanes of at least 4 members (excludes halogenated alkanes) is 3. The SMILES string of the molecule is Cc1cc(NCCCCCCO)ncn1. The van der Waals surface area contributed by atoms with Gasteiger partial charge in [0.25, 0.3) is 0 Å². The van der Waals surface area contributed by atoms with Crippen LogP contribution in [-0.4, -0.2) is 28.2 Å². The highest BCUT2D eigenvalue weighted by molar-refractivity contribution is 5.33. The molecule has 0 aliphatic rings. The van der Waals surface area contributed by atoms with E-state index in [0.717, 1.165) is 43.7 Å². The first-order chi connectivity index (χ1) is 7.33. The summed E-state index contributed by atoms with van der Waals surface area (Å²) in [5.41, 5.74) is 0.979. The second-order valence-corrected chi connectivity index (χ2v) is 3.61. The fraction of sp³-hybridized carbons (Fsp3) is 0.636. The average Bonchev–Trinajstić information content (AvgIpc) is 2.23. The Bertz CT molecular complexity index is 278. The summed E-state index contributed by atoms with van der Waals surface area (Å²) in [5.74, 6) is 0.893. The van der Waals surface area contributed by atoms with Gasteiger partial charge in [-0.1, -0.05) is 12.8 Å². The van der Waals surface area contributed by atoms with Gasteiger partial charge < -0.3 is 10.4 Å². The molecule has 0 aliphatic carbocycles. The van der Waals surface area contributed by atoms with E-state index in [2.05, 4.69) is 15.3 Å². The highest BCUT2D eigenvalue weighted by atomic mass is 16.2. The van der Waals surface area contributed by atoms with E-state index in [-0.39, 0.29) is 0 Å². The molecule has 84 valence electrons. The highest BCUT2D eigenvalue weighted by Gasteiger charge is 1.94. The van der Waals surface area contributed by atoms with Crippen LogP contribution in [0.1, 0.15) is 31.4 Å². The summed E-state index contributed by atoms with van der Waals surface area (Å²) < 4.78 is 0. The van der Waals surface area contributed by atoms with Crippen molar-refractivity contribution in [3.63, 3.8) is 0 Å². The molecule has 15 heavy (non-hydrogen) atoms. The predicted molar refractivity (Wildman–Crippen MR) is 60.8 cm³/mol. The van der Waals surface area contributed by atoms with Gasteiger partial charge in [0.2, 0.25) is 0 Å². The molecular formula is C11H19N3O. The van der Waals surface area contributed by atoms with Gasteiger partial charge in [0, 0.05) is 24.9 Å². The Morgan fingerprint density at radius 3 is 2.73 bits per heavy atom. The van der Waals surface area contributed by atoms with E-state index in [9.17, 15) is 0 Å². The Hall–Kier alpha value is -1.16. The summed E-state index contributed by atoms with van der Waals surface area (Å²) >= 11 is 0. The summed E-state index contributed by atoms with van der Waals surface area (Å²) in [6.07, 6.45) is 5.84. The number of nitrogens with one attached hydrogen (secondary N) is 1. The molecule has 2 N–H and O–H groups in total. The number of aryl methyl sites for hydroxylation is 1. The molecule has 1 aromatic rings. The maximum atomic E-state index is 8.60. The predicted octanol–water partition coefficient (Wildman–Crippen LogP) is 1.75. The molecule has 0 aromatic carbocycles. The zero-order chi connectivity index (χ0) is 10.9. The van der Waals surface area contributed by atoms with Gasteiger partial charge in [0.1, 0.15) is 12.1 Å². The molecule has 0 aliphatic heterocycles. The van der Waals surface area contributed by atoms with E-state index in [1.54, 1.807) is 6.33 Å². The Morgan fingerprint density at radius 2 is 2.00 bits per heavy atom. The molecule has 1 heterocycles. The summed E-state index contributed by atoms with van der Waals surface area (Å²) in [6, 6.07) is 1.94. The Morgan fingerprint density at radius 1 is 1.20 bits per heavy atom. The standard InChI is InChI=1S/C11H19N3O/c1-10-8-11(14-9-13-10)12-6-4-2-3-5-7-15/h8-9,15H,2-7H2,1H3,(H,12,13,14). The summed E-state index contributed by atoms with van der Waals surface area (Å²) in [5, 5.41) is 11.8. The van der Waals surface area contributed by atoms with Crippen molar-refractivity contribution in [2.24, 2.45) is 0 Å². The zero-order valence-electron chi connectivity index (χ0n) is 9.24. The first kappa shape index (κ1) is 11.9. The van der Waals surface area contributed by atoms with Crippen LogP contribution < -0.4 is 5.32 Å². The summed E-state index contributed by atoms with van der Waals surface area (Å²) in [7, 11) is 0. The number of aliphatic hydroxyl groups is 1. The lowest BCUT2D eigenvalue weighted by atomic mass is 10.2. The van der Waals surface area contributed by atoms with Crippen molar-refractivity contribution in [2.75, 3.05) is 18.5 Å². The van der Waals surface area contributed by atoms with Crippen LogP contribution in [0.15, 0.2) is 12.4 Å². The number of rotatable bonds is 7. The van der Waals surface area contributed by atoms with Crippen molar-refractivity contribution in [1.82, 2.24) is 9.97 Å². The molecule has 4 heteroatoms. The van der Waals surface area contributed by atoms with Gasteiger partial charge in [-0.15, -0.1) is 0 Å². The van der Waals surface area contributed by atoms with Gasteiger partial charge in [-0.25, -0.2) is 9.97 Å². The minimum atomic E-state index is 0.304. The van der Waals surface area contributed by atoms with Crippen LogP contribution in [0.5, 0.6) is 0 Å². The number of nitrogens with zero attached hydrogens (tertiary/aromatic N) is 2. The fourth-order valence-electron chi connectivity index (χ4n) is 1.36. The maximum absolute atomic E-state index is 8.60. The quantitative estimate of drug-likeness (QED) is 0.672. The summed E-state index contributed by atoms with van der Waals surface area (Å²) in [6.45, 7) is 3.19. The van der Waals surface area contributed by atoms with E-state index < -0.39 is 0 Å². The second kappa shape index (κ2) is 7.17. The second-order valence-electron chi connectivity index (χ2n) is 3.61. The van der Waals surface area contributed by atoms with Crippen molar-refractivity contribution in [2.45, 2.75) is 32.6 Å². The lowest BCUT2D eigenvalue weighted by Crippen LogP contribution is -2.03. The van der Waals surface area contributed by atoms with E-state index in [0.29, 0.717) is 6.61 Å². The Labute approximate surface area is 90.8 Å². The monoisotopic (exact) mass is 209 g/mol. The van der Waals surface area contributed by atoms with Gasteiger partial charge in [0.15, 0.2) is 0 Å². The third kappa shape index (κ3) is 5.32. The van der Waals surface area contributed by atoms with Crippen molar-refractivity contribution >= 4 is 5.82 Å². The molecule has 0 saturated carbocycles. The van der Waals surface area contributed by atoms with E-state index in [4.69, 9.17) is 5.11 Å². The first-order valence-corrected chi connectivity index (χ1v) is 5.46. The number of aliphatic hydroxyl groups excluding tert-OH is 1. The maximum Gasteiger partial charge on any atom is 0.129 e. The molecular weight excluding hydrogens is 190 g/mol. The van der Waals surface area contributed by atoms with Crippen LogP contribution in [0, 0.1) is 6.92 Å². The minimum Gasteiger partial charge on any atom is -0.396 e. The molecule has 0 amide bonds. The average molecular weight is 209 g/mol. The molecule has 0 radical (unpaired) electrons. The minimum absolute atomic E-state index is 0.304. The molecule has 0 unspecified atom stereocenters. The van der Waals surface area contributed by atoms with Crippen LogP contribution in [0.25, 0.3) is 0 Å². The highest BCUT2D eigenvalue weighted by Crippen LogP contribution is 2.04. The van der Waals surface area contributed by atoms with Crippen molar-refractivity contribution < 1.29 is 5.11 Å². The molecule has 0 fully saturated rings. The van der Waals surface area contributed by atoms with Gasteiger partial charge in [0.05, 0.1) is 0 Å². The number of aromatic nitrogens is 2. The Balaban J connectivity index is 2.10. The molecule has 0 bridgehead atoms. The molecule has 0 atom stereocenters. The van der Waals surface area contributed by atoms with E-state index in [1.807, 2.05) is 13.0 Å². The molecule has 0 saturated heterocycles. The molecule has 1 aromatic heterocycles. The topological polar surface area (TPSA) is 58.0 Å². The third-order valence-electron chi connectivity index (χ3n) is 2.19. The zero-order valence-corrected chi connectivity index (χ0v) is 9.24. The largest absolute Gasteiger partial charge is 0.396 e. The molecule has 1 rings (SSSR count). The van der Waals surface area contributed by atoms with Crippen molar-refractivity contribution in [1.29, 1.82) is 0 Å². The fourth-order valence-corrected chi connectivity index (χ4v) is 1.36. The van der Waals surface area contributed by atoms with Crippen LogP contribution in [-0.2, 0) is 0 Å². The van der Waals surface area contributed by atoms with Gasteiger partial charge in [-0.2, -0.15) is 0 Å². The molecule has 4 nitrogen and oxygen atoms in total. The Kier molecular flexibility index (Phi) is 5.70. The number of anilines is 1. The normalized spacial score (nSPS) is 10.3. The first-order valence-electron chi connectivity index (χ1n) is 5.46. The third-order valence-corrected chi connectivity index (χ3v) is 2.19. The summed E-state index contributed by atoms with van der Waals surface area (Å²) in [4.78, 5) is 8.14. The van der Waals surface area contributed by atoms with E-state index >= 15 is 0 Å². The van der Waals surface area contributed by atoms with Crippen LogP contribution in [0.3, 0.4) is 0 Å². The lowest BCUT2D eigenvalue weighted by molar-refractivity contribution is 0.283. The number of hydrogen-bond acceptors (Lipinski definition) is 4. The van der Waals surface area contributed by atoms with Gasteiger partial charge in [-0.05, 0) is 19.8 Å². The van der Waals surface area contributed by atoms with Gasteiger partial charge >= 0.3 is 0 Å². The molecule has 0 spiro atoms. The van der Waals surface area contributed by atoms with Crippen LogP contribution in [0.4, 0.5) is 5.82 Å².